The second-order valence-corrected chi connectivity index (χ2v) is 4.43. The van der Waals surface area contributed by atoms with E-state index in [1.54, 1.807) is 0 Å². The highest BCUT2D eigenvalue weighted by atomic mass is 16.2. The molecule has 0 bridgehead atoms. The fourth-order valence-corrected chi connectivity index (χ4v) is 2.13. The molecule has 0 unspecified atom stereocenters. The largest absolute Gasteiger partial charge is 0.338 e. The van der Waals surface area contributed by atoms with Crippen molar-refractivity contribution >= 4 is 6.03 Å². The Kier molecular flexibility index (Phi) is 4.88. The Morgan fingerprint density at radius 2 is 2.00 bits per heavy atom. The standard InChI is InChI=1S/C11H23N3O/c1-2-8-13-10(15)14-11(9-12)6-4-3-5-7-11/h2-9,12H2,1H3,(H2,13,14,15). The molecule has 0 saturated heterocycles. The first-order valence-electron chi connectivity index (χ1n) is 5.98. The molecular weight excluding hydrogens is 190 g/mol. The van der Waals surface area contributed by atoms with Crippen LogP contribution in [0.3, 0.4) is 0 Å². The number of hydrogen-bond acceptors (Lipinski definition) is 2. The van der Waals surface area contributed by atoms with Gasteiger partial charge in [0.25, 0.3) is 0 Å². The molecule has 0 spiro atoms. The van der Waals surface area contributed by atoms with Crippen LogP contribution in [0.5, 0.6) is 0 Å². The Hall–Kier alpha value is -0.770. The molecule has 0 aromatic carbocycles. The van der Waals surface area contributed by atoms with E-state index >= 15 is 0 Å². The first-order chi connectivity index (χ1) is 7.22. The molecule has 1 saturated carbocycles. The number of carbonyl (C=O) groups excluding carboxylic acids is 1. The summed E-state index contributed by atoms with van der Waals surface area (Å²) in [4.78, 5) is 11.6. The van der Waals surface area contributed by atoms with E-state index in [-0.39, 0.29) is 11.6 Å². The van der Waals surface area contributed by atoms with Crippen molar-refractivity contribution in [2.45, 2.75) is 51.0 Å². The van der Waals surface area contributed by atoms with Crippen molar-refractivity contribution in [1.82, 2.24) is 10.6 Å². The SMILES string of the molecule is CCCNC(=O)NC1(CN)CCCCC1. The second kappa shape index (κ2) is 5.95. The Morgan fingerprint density at radius 1 is 1.33 bits per heavy atom. The molecule has 0 radical (unpaired) electrons. The average molecular weight is 213 g/mol. The van der Waals surface area contributed by atoms with Crippen LogP contribution in [-0.4, -0.2) is 24.7 Å². The average Bonchev–Trinajstić information content (AvgIpc) is 2.27. The van der Waals surface area contributed by atoms with Crippen molar-refractivity contribution in [2.24, 2.45) is 5.73 Å². The predicted molar refractivity (Wildman–Crippen MR) is 61.7 cm³/mol. The Morgan fingerprint density at radius 3 is 2.53 bits per heavy atom. The van der Waals surface area contributed by atoms with Gasteiger partial charge in [-0.15, -0.1) is 0 Å². The van der Waals surface area contributed by atoms with E-state index in [2.05, 4.69) is 10.6 Å². The zero-order valence-corrected chi connectivity index (χ0v) is 9.64. The van der Waals surface area contributed by atoms with Crippen LogP contribution < -0.4 is 16.4 Å². The van der Waals surface area contributed by atoms with Crippen molar-refractivity contribution in [3.63, 3.8) is 0 Å². The maximum absolute atomic E-state index is 11.6. The molecule has 1 fully saturated rings. The van der Waals surface area contributed by atoms with Crippen LogP contribution in [0, 0.1) is 0 Å². The van der Waals surface area contributed by atoms with Crippen LogP contribution >= 0.6 is 0 Å². The van der Waals surface area contributed by atoms with Crippen LogP contribution in [0.15, 0.2) is 0 Å². The molecule has 4 N–H and O–H groups in total. The van der Waals surface area contributed by atoms with E-state index in [1.165, 1.54) is 19.3 Å². The van der Waals surface area contributed by atoms with E-state index in [0.29, 0.717) is 6.54 Å². The lowest BCUT2D eigenvalue weighted by atomic mass is 9.82. The summed E-state index contributed by atoms with van der Waals surface area (Å²) in [6.07, 6.45) is 6.60. The number of amides is 2. The summed E-state index contributed by atoms with van der Waals surface area (Å²) in [7, 11) is 0. The second-order valence-electron chi connectivity index (χ2n) is 4.43. The summed E-state index contributed by atoms with van der Waals surface area (Å²) in [6, 6.07) is -0.0656. The fourth-order valence-electron chi connectivity index (χ4n) is 2.13. The third kappa shape index (κ3) is 3.70. The molecule has 4 heteroatoms. The summed E-state index contributed by atoms with van der Waals surface area (Å²) >= 11 is 0. The number of nitrogens with two attached hydrogens (primary N) is 1. The van der Waals surface area contributed by atoms with Crippen molar-refractivity contribution < 1.29 is 4.79 Å². The van der Waals surface area contributed by atoms with Crippen LogP contribution in [0.2, 0.25) is 0 Å². The normalized spacial score (nSPS) is 19.6. The van der Waals surface area contributed by atoms with Gasteiger partial charge in [0.15, 0.2) is 0 Å². The molecule has 1 rings (SSSR count). The zero-order valence-electron chi connectivity index (χ0n) is 9.64. The van der Waals surface area contributed by atoms with Gasteiger partial charge in [-0.25, -0.2) is 4.79 Å². The number of rotatable bonds is 4. The lowest BCUT2D eigenvalue weighted by Crippen LogP contribution is -2.57. The molecule has 88 valence electrons. The Bertz CT molecular complexity index is 200. The molecule has 0 atom stereocenters. The number of hydrogen-bond donors (Lipinski definition) is 3. The maximum Gasteiger partial charge on any atom is 0.315 e. The fraction of sp³-hybridized carbons (Fsp3) is 0.909. The molecule has 4 nitrogen and oxygen atoms in total. The molecule has 0 aromatic rings. The van der Waals surface area contributed by atoms with E-state index in [9.17, 15) is 4.79 Å². The van der Waals surface area contributed by atoms with Crippen LogP contribution in [0.1, 0.15) is 45.4 Å². The van der Waals surface area contributed by atoms with Gasteiger partial charge in [0, 0.05) is 13.1 Å². The minimum absolute atomic E-state index is 0.0656. The van der Waals surface area contributed by atoms with Gasteiger partial charge in [0.2, 0.25) is 0 Å². The van der Waals surface area contributed by atoms with Gasteiger partial charge >= 0.3 is 6.03 Å². The van der Waals surface area contributed by atoms with Crippen molar-refractivity contribution in [2.75, 3.05) is 13.1 Å². The predicted octanol–water partition coefficient (Wildman–Crippen LogP) is 1.36. The van der Waals surface area contributed by atoms with Crippen molar-refractivity contribution in [3.8, 4) is 0 Å². The summed E-state index contributed by atoms with van der Waals surface area (Å²) in [5.41, 5.74) is 5.63. The summed E-state index contributed by atoms with van der Waals surface area (Å²) in [5, 5.41) is 5.87. The first kappa shape index (κ1) is 12.3. The van der Waals surface area contributed by atoms with Crippen LogP contribution in [0.25, 0.3) is 0 Å². The molecule has 2 amide bonds. The van der Waals surface area contributed by atoms with Crippen LogP contribution in [-0.2, 0) is 0 Å². The van der Waals surface area contributed by atoms with E-state index in [4.69, 9.17) is 5.73 Å². The third-order valence-electron chi connectivity index (χ3n) is 3.12. The first-order valence-corrected chi connectivity index (χ1v) is 5.98. The lowest BCUT2D eigenvalue weighted by molar-refractivity contribution is 0.205. The molecule has 0 aliphatic heterocycles. The van der Waals surface area contributed by atoms with Gasteiger partial charge in [0.1, 0.15) is 0 Å². The molecule has 1 aliphatic rings. The van der Waals surface area contributed by atoms with Gasteiger partial charge in [-0.3, -0.25) is 0 Å². The van der Waals surface area contributed by atoms with Gasteiger partial charge in [-0.05, 0) is 19.3 Å². The number of carbonyl (C=O) groups is 1. The topological polar surface area (TPSA) is 67.2 Å². The van der Waals surface area contributed by atoms with Gasteiger partial charge in [-0.1, -0.05) is 26.2 Å². The molecule has 0 aromatic heterocycles. The molecule has 1 aliphatic carbocycles. The highest BCUT2D eigenvalue weighted by Crippen LogP contribution is 2.26. The summed E-state index contributed by atoms with van der Waals surface area (Å²) < 4.78 is 0. The zero-order chi connectivity index (χ0) is 11.1. The minimum Gasteiger partial charge on any atom is -0.338 e. The van der Waals surface area contributed by atoms with Crippen molar-refractivity contribution in [3.05, 3.63) is 0 Å². The van der Waals surface area contributed by atoms with E-state index < -0.39 is 0 Å². The highest BCUT2D eigenvalue weighted by Gasteiger charge is 2.31. The molecule has 15 heavy (non-hydrogen) atoms. The Labute approximate surface area is 92.0 Å². The van der Waals surface area contributed by atoms with Gasteiger partial charge in [-0.2, -0.15) is 0 Å². The number of urea groups is 1. The van der Waals surface area contributed by atoms with E-state index in [1.807, 2.05) is 6.92 Å². The minimum atomic E-state index is -0.143. The van der Waals surface area contributed by atoms with Crippen molar-refractivity contribution in [1.29, 1.82) is 0 Å². The highest BCUT2D eigenvalue weighted by molar-refractivity contribution is 5.74. The molecule has 0 heterocycles. The maximum atomic E-state index is 11.6. The smallest absolute Gasteiger partial charge is 0.315 e. The summed E-state index contributed by atoms with van der Waals surface area (Å²) in [5.74, 6) is 0. The van der Waals surface area contributed by atoms with Gasteiger partial charge < -0.3 is 16.4 Å². The summed E-state index contributed by atoms with van der Waals surface area (Å²) in [6.45, 7) is 3.32. The lowest BCUT2D eigenvalue weighted by Gasteiger charge is -2.37. The third-order valence-corrected chi connectivity index (χ3v) is 3.12. The van der Waals surface area contributed by atoms with E-state index in [0.717, 1.165) is 25.8 Å². The van der Waals surface area contributed by atoms with Crippen LogP contribution in [0.4, 0.5) is 4.79 Å². The Balaban J connectivity index is 2.40. The quantitative estimate of drug-likeness (QED) is 0.660. The number of nitrogens with one attached hydrogen (secondary N) is 2. The molecular formula is C11H23N3O. The van der Waals surface area contributed by atoms with Gasteiger partial charge in [0.05, 0.1) is 5.54 Å². The monoisotopic (exact) mass is 213 g/mol.